The number of ether oxygens (including phenoxy) is 1. The van der Waals surface area contributed by atoms with E-state index in [4.69, 9.17) is 10.00 Å². The van der Waals surface area contributed by atoms with Crippen LogP contribution in [0.2, 0.25) is 0 Å². The quantitative estimate of drug-likeness (QED) is 0.272. The van der Waals surface area contributed by atoms with Crippen LogP contribution < -0.4 is 4.90 Å². The third-order valence-corrected chi connectivity index (χ3v) is 6.82. The molecule has 0 unspecified atom stereocenters. The van der Waals surface area contributed by atoms with Gasteiger partial charge < -0.3 is 14.2 Å². The number of fused-ring (bicyclic) bond motifs is 1. The zero-order valence-corrected chi connectivity index (χ0v) is 21.4. The van der Waals surface area contributed by atoms with Crippen molar-refractivity contribution < 1.29 is 14.3 Å². The first kappa shape index (κ1) is 25.1. The van der Waals surface area contributed by atoms with Gasteiger partial charge in [-0.05, 0) is 60.2 Å². The number of benzene rings is 2. The predicted molar refractivity (Wildman–Crippen MR) is 141 cm³/mol. The molecule has 2 aromatic carbocycles. The molecule has 0 N–H and O–H groups in total. The number of imidazole rings is 1. The number of aromatic nitrogens is 2. The Hall–Kier alpha value is -3.96. The monoisotopic (exact) mass is 500 g/mol. The van der Waals surface area contributed by atoms with Gasteiger partial charge in [0.2, 0.25) is 5.91 Å². The number of amides is 1. The first-order valence-electron chi connectivity index (χ1n) is 11.9. The Balaban J connectivity index is 1.63. The van der Waals surface area contributed by atoms with Crippen molar-refractivity contribution in [2.75, 3.05) is 11.5 Å². The minimum atomic E-state index is -0.334. The fourth-order valence-electron chi connectivity index (χ4n) is 3.95. The Morgan fingerprint density at radius 1 is 1.17 bits per heavy atom. The molecule has 0 fully saturated rings. The van der Waals surface area contributed by atoms with Gasteiger partial charge >= 0.3 is 5.97 Å². The van der Waals surface area contributed by atoms with Crippen LogP contribution >= 0.6 is 11.3 Å². The second-order valence-corrected chi connectivity index (χ2v) is 10.0. The van der Waals surface area contributed by atoms with Gasteiger partial charge in [-0.2, -0.15) is 5.26 Å². The summed E-state index contributed by atoms with van der Waals surface area (Å²) in [7, 11) is 0. The minimum absolute atomic E-state index is 0.0244. The van der Waals surface area contributed by atoms with E-state index in [1.807, 2.05) is 54.8 Å². The van der Waals surface area contributed by atoms with Crippen LogP contribution in [0.25, 0.3) is 10.1 Å². The fourth-order valence-corrected chi connectivity index (χ4v) is 4.89. The molecule has 0 radical (unpaired) electrons. The molecule has 0 saturated heterocycles. The van der Waals surface area contributed by atoms with E-state index in [1.54, 1.807) is 36.5 Å². The maximum atomic E-state index is 13.3. The molecule has 0 bridgehead atoms. The first-order chi connectivity index (χ1) is 17.4. The molecular weight excluding hydrogens is 472 g/mol. The number of anilines is 1. The van der Waals surface area contributed by atoms with Crippen molar-refractivity contribution in [1.82, 2.24) is 9.55 Å². The van der Waals surface area contributed by atoms with Crippen molar-refractivity contribution in [1.29, 1.82) is 5.26 Å². The largest absolute Gasteiger partial charge is 0.462 e. The fraction of sp³-hybridized carbons (Fsp3) is 0.286. The van der Waals surface area contributed by atoms with Gasteiger partial charge in [-0.3, -0.25) is 4.79 Å². The maximum Gasteiger partial charge on any atom is 0.348 e. The van der Waals surface area contributed by atoms with Crippen molar-refractivity contribution >= 4 is 39.0 Å². The van der Waals surface area contributed by atoms with Gasteiger partial charge in [0.25, 0.3) is 0 Å². The summed E-state index contributed by atoms with van der Waals surface area (Å²) in [4.78, 5) is 32.2. The smallest absolute Gasteiger partial charge is 0.348 e. The molecule has 2 aromatic heterocycles. The SMILES string of the molecule is CCOC(=O)c1cc2cc(N(Cc3cncn3Cc3ccc(C#N)cc3)C(=O)CC(C)C)ccc2s1. The van der Waals surface area contributed by atoms with Crippen LogP contribution in [-0.4, -0.2) is 28.0 Å². The highest BCUT2D eigenvalue weighted by atomic mass is 32.1. The van der Waals surface area contributed by atoms with Crippen molar-refractivity contribution in [3.05, 3.63) is 82.8 Å². The topological polar surface area (TPSA) is 88.2 Å². The van der Waals surface area contributed by atoms with Crippen molar-refractivity contribution in [3.63, 3.8) is 0 Å². The van der Waals surface area contributed by atoms with Crippen LogP contribution in [0.1, 0.15) is 53.7 Å². The van der Waals surface area contributed by atoms with E-state index in [0.29, 0.717) is 36.6 Å². The lowest BCUT2D eigenvalue weighted by molar-refractivity contribution is -0.119. The number of carbonyl (C=O) groups excluding carboxylic acids is 2. The highest BCUT2D eigenvalue weighted by Crippen LogP contribution is 2.31. The minimum Gasteiger partial charge on any atom is -0.462 e. The standard InChI is InChI=1S/C28H28N4O3S/c1-4-35-28(34)26-13-22-12-23(9-10-25(22)36-26)32(27(33)11-19(2)3)17-24-15-30-18-31(24)16-21-7-5-20(14-29)6-8-21/h5-10,12-13,15,18-19H,4,11,16-17H2,1-3H3. The average Bonchev–Trinajstić information content (AvgIpc) is 3.49. The Morgan fingerprint density at radius 3 is 2.64 bits per heavy atom. The Morgan fingerprint density at radius 2 is 1.94 bits per heavy atom. The summed E-state index contributed by atoms with van der Waals surface area (Å²) < 4.78 is 8.12. The van der Waals surface area contributed by atoms with Crippen LogP contribution in [0.15, 0.2) is 61.1 Å². The van der Waals surface area contributed by atoms with Gasteiger partial charge in [0, 0.05) is 29.5 Å². The number of hydrogen-bond donors (Lipinski definition) is 0. The highest BCUT2D eigenvalue weighted by Gasteiger charge is 2.21. The number of thiophene rings is 1. The van der Waals surface area contributed by atoms with Gasteiger partial charge in [0.15, 0.2) is 0 Å². The van der Waals surface area contributed by atoms with Gasteiger partial charge in [0.1, 0.15) is 4.88 Å². The molecule has 36 heavy (non-hydrogen) atoms. The molecule has 0 aliphatic carbocycles. The number of carbonyl (C=O) groups is 2. The lowest BCUT2D eigenvalue weighted by Crippen LogP contribution is -2.32. The lowest BCUT2D eigenvalue weighted by Gasteiger charge is -2.24. The molecule has 2 heterocycles. The van der Waals surface area contributed by atoms with Gasteiger partial charge in [0.05, 0.1) is 36.8 Å². The molecule has 7 nitrogen and oxygen atoms in total. The molecule has 0 aliphatic heterocycles. The zero-order valence-electron chi connectivity index (χ0n) is 20.6. The maximum absolute atomic E-state index is 13.3. The third kappa shape index (κ3) is 5.81. The second kappa shape index (κ2) is 11.2. The number of nitrogens with zero attached hydrogens (tertiary/aromatic N) is 4. The van der Waals surface area contributed by atoms with Crippen LogP contribution in [0.4, 0.5) is 5.69 Å². The van der Waals surface area contributed by atoms with Gasteiger partial charge in [-0.1, -0.05) is 26.0 Å². The molecule has 0 spiro atoms. The van der Waals surface area contributed by atoms with E-state index in [-0.39, 0.29) is 17.8 Å². The summed E-state index contributed by atoms with van der Waals surface area (Å²) in [6.45, 7) is 7.11. The van der Waals surface area contributed by atoms with E-state index in [1.165, 1.54) is 11.3 Å². The third-order valence-electron chi connectivity index (χ3n) is 5.73. The van der Waals surface area contributed by atoms with Crippen LogP contribution in [0.5, 0.6) is 0 Å². The van der Waals surface area contributed by atoms with E-state index in [2.05, 4.69) is 11.1 Å². The van der Waals surface area contributed by atoms with Crippen LogP contribution in [0.3, 0.4) is 0 Å². The molecular formula is C28H28N4O3S. The molecule has 0 saturated carbocycles. The van der Waals surface area contributed by atoms with Gasteiger partial charge in [-0.15, -0.1) is 11.3 Å². The molecule has 4 aromatic rings. The number of esters is 1. The Bertz CT molecular complexity index is 1410. The van der Waals surface area contributed by atoms with Crippen molar-refractivity contribution in [3.8, 4) is 6.07 Å². The Kier molecular flexibility index (Phi) is 7.81. The van der Waals surface area contributed by atoms with Gasteiger partial charge in [-0.25, -0.2) is 9.78 Å². The second-order valence-electron chi connectivity index (χ2n) is 8.95. The lowest BCUT2D eigenvalue weighted by atomic mass is 10.1. The molecule has 8 heteroatoms. The van der Waals surface area contributed by atoms with E-state index < -0.39 is 0 Å². The number of nitriles is 1. The summed E-state index contributed by atoms with van der Waals surface area (Å²) in [5, 5.41) is 9.94. The Labute approximate surface area is 214 Å². The summed E-state index contributed by atoms with van der Waals surface area (Å²) in [6, 6.07) is 17.2. The average molecular weight is 501 g/mol. The normalized spacial score (nSPS) is 11.0. The number of rotatable bonds is 9. The number of hydrogen-bond acceptors (Lipinski definition) is 6. The molecule has 0 aliphatic rings. The van der Waals surface area contributed by atoms with Crippen LogP contribution in [0, 0.1) is 17.2 Å². The highest BCUT2D eigenvalue weighted by molar-refractivity contribution is 7.20. The molecule has 0 atom stereocenters. The molecule has 1 amide bonds. The van der Waals surface area contributed by atoms with Crippen LogP contribution in [-0.2, 0) is 22.6 Å². The zero-order chi connectivity index (χ0) is 25.7. The molecule has 184 valence electrons. The summed E-state index contributed by atoms with van der Waals surface area (Å²) in [5.41, 5.74) is 3.33. The summed E-state index contributed by atoms with van der Waals surface area (Å²) in [5.74, 6) is -0.0973. The van der Waals surface area contributed by atoms with E-state index in [0.717, 1.165) is 27.0 Å². The van der Waals surface area contributed by atoms with Crippen molar-refractivity contribution in [2.45, 2.75) is 40.3 Å². The van der Waals surface area contributed by atoms with Crippen molar-refractivity contribution in [2.24, 2.45) is 5.92 Å². The van der Waals surface area contributed by atoms with E-state index >= 15 is 0 Å². The predicted octanol–water partition coefficient (Wildman–Crippen LogP) is 5.77. The molecule has 4 rings (SSSR count). The summed E-state index contributed by atoms with van der Waals surface area (Å²) >= 11 is 1.38. The van der Waals surface area contributed by atoms with E-state index in [9.17, 15) is 9.59 Å². The first-order valence-corrected chi connectivity index (χ1v) is 12.7. The summed E-state index contributed by atoms with van der Waals surface area (Å²) in [6.07, 6.45) is 3.95.